The minimum atomic E-state index is -0.492. The van der Waals surface area contributed by atoms with E-state index in [4.69, 9.17) is 21.6 Å². The summed E-state index contributed by atoms with van der Waals surface area (Å²) in [6.07, 6.45) is 0. The number of ether oxygens (including phenoxy) is 1. The minimum absolute atomic E-state index is 0.0634. The summed E-state index contributed by atoms with van der Waals surface area (Å²) in [5, 5.41) is 20.0. The Balaban J connectivity index is 2.40. The molecule has 2 aromatic carbocycles. The normalized spacial score (nSPS) is 9.95. The smallest absolute Gasteiger partial charge is 0.273 e. The fourth-order valence-electron chi connectivity index (χ4n) is 1.77. The number of halogens is 1. The zero-order chi connectivity index (χ0) is 15.4. The molecule has 0 aliphatic carbocycles. The molecule has 6 heteroatoms. The van der Waals surface area contributed by atoms with Gasteiger partial charge in [0, 0.05) is 11.9 Å². The molecule has 0 N–H and O–H groups in total. The number of hydrogen-bond acceptors (Lipinski definition) is 4. The second-order valence-corrected chi connectivity index (χ2v) is 4.65. The maximum Gasteiger partial charge on any atom is 0.273 e. The highest BCUT2D eigenvalue weighted by atomic mass is 35.5. The van der Waals surface area contributed by atoms with Crippen LogP contribution in [0.25, 0.3) is 0 Å². The molecule has 0 bridgehead atoms. The number of non-ortho nitro benzene ring substituents is 1. The van der Waals surface area contributed by atoms with Crippen LogP contribution in [0.15, 0.2) is 36.4 Å². The van der Waals surface area contributed by atoms with Crippen molar-refractivity contribution in [2.45, 2.75) is 12.8 Å². The van der Waals surface area contributed by atoms with Crippen LogP contribution in [-0.2, 0) is 5.88 Å². The van der Waals surface area contributed by atoms with Crippen LogP contribution in [0.4, 0.5) is 5.69 Å². The SMILES string of the molecule is Cc1ccc([N+](=O)[O-])cc1Oc1ccc(CCl)cc1C#N. The van der Waals surface area contributed by atoms with Crippen molar-refractivity contribution in [2.75, 3.05) is 0 Å². The topological polar surface area (TPSA) is 76.2 Å². The Hall–Kier alpha value is -2.58. The van der Waals surface area contributed by atoms with Gasteiger partial charge in [-0.1, -0.05) is 6.07 Å². The van der Waals surface area contributed by atoms with E-state index in [-0.39, 0.29) is 5.69 Å². The Kier molecular flexibility index (Phi) is 4.41. The van der Waals surface area contributed by atoms with E-state index in [2.05, 4.69) is 0 Å². The summed E-state index contributed by atoms with van der Waals surface area (Å²) >= 11 is 5.72. The molecule has 0 saturated carbocycles. The minimum Gasteiger partial charge on any atom is -0.455 e. The van der Waals surface area contributed by atoms with Gasteiger partial charge in [0.15, 0.2) is 0 Å². The van der Waals surface area contributed by atoms with Crippen LogP contribution in [0, 0.1) is 28.4 Å². The molecule has 0 aliphatic heterocycles. The Bertz CT molecular complexity index is 738. The van der Waals surface area contributed by atoms with Crippen LogP contribution < -0.4 is 4.74 Å². The number of aryl methyl sites for hydroxylation is 1. The zero-order valence-corrected chi connectivity index (χ0v) is 11.9. The van der Waals surface area contributed by atoms with E-state index in [0.717, 1.165) is 11.1 Å². The number of nitriles is 1. The molecule has 5 nitrogen and oxygen atoms in total. The average Bonchev–Trinajstić information content (AvgIpc) is 2.49. The molecule has 2 rings (SSSR count). The third-order valence-corrected chi connectivity index (χ3v) is 3.23. The number of nitrogens with zero attached hydrogens (tertiary/aromatic N) is 2. The highest BCUT2D eigenvalue weighted by molar-refractivity contribution is 6.17. The van der Waals surface area contributed by atoms with Crippen LogP contribution in [0.2, 0.25) is 0 Å². The van der Waals surface area contributed by atoms with E-state index in [1.54, 1.807) is 31.2 Å². The lowest BCUT2D eigenvalue weighted by molar-refractivity contribution is -0.384. The summed E-state index contributed by atoms with van der Waals surface area (Å²) in [6.45, 7) is 1.78. The number of nitro benzene ring substituents is 1. The maximum absolute atomic E-state index is 10.8. The Labute approximate surface area is 126 Å². The van der Waals surface area contributed by atoms with Crippen LogP contribution in [0.1, 0.15) is 16.7 Å². The number of hydrogen-bond donors (Lipinski definition) is 0. The Morgan fingerprint density at radius 3 is 2.67 bits per heavy atom. The molecule has 0 heterocycles. The van der Waals surface area contributed by atoms with Crippen LogP contribution in [0.3, 0.4) is 0 Å². The number of benzene rings is 2. The van der Waals surface area contributed by atoms with Gasteiger partial charge in [0.1, 0.15) is 17.6 Å². The Morgan fingerprint density at radius 2 is 2.05 bits per heavy atom. The van der Waals surface area contributed by atoms with E-state index in [0.29, 0.717) is 22.9 Å². The number of nitro groups is 1. The maximum atomic E-state index is 10.8. The highest BCUT2D eigenvalue weighted by Gasteiger charge is 2.12. The molecular weight excluding hydrogens is 292 g/mol. The second kappa shape index (κ2) is 6.25. The largest absolute Gasteiger partial charge is 0.455 e. The van der Waals surface area contributed by atoms with Crippen LogP contribution in [0.5, 0.6) is 11.5 Å². The molecule has 0 saturated heterocycles. The van der Waals surface area contributed by atoms with Gasteiger partial charge in [-0.2, -0.15) is 5.26 Å². The molecule has 2 aromatic rings. The number of alkyl halides is 1. The van der Waals surface area contributed by atoms with Crippen molar-refractivity contribution >= 4 is 17.3 Å². The van der Waals surface area contributed by atoms with E-state index >= 15 is 0 Å². The number of rotatable bonds is 4. The van der Waals surface area contributed by atoms with Crippen LogP contribution in [-0.4, -0.2) is 4.92 Å². The zero-order valence-electron chi connectivity index (χ0n) is 11.2. The molecule has 106 valence electrons. The van der Waals surface area contributed by atoms with E-state index in [9.17, 15) is 10.1 Å². The van der Waals surface area contributed by atoms with E-state index < -0.39 is 4.92 Å². The van der Waals surface area contributed by atoms with Gasteiger partial charge in [0.05, 0.1) is 16.6 Å². The molecule has 21 heavy (non-hydrogen) atoms. The molecule has 0 aromatic heterocycles. The first-order chi connectivity index (χ1) is 10.0. The van der Waals surface area contributed by atoms with Crippen molar-refractivity contribution in [3.63, 3.8) is 0 Å². The van der Waals surface area contributed by atoms with Gasteiger partial charge in [-0.05, 0) is 36.2 Å². The third kappa shape index (κ3) is 3.30. The Morgan fingerprint density at radius 1 is 1.29 bits per heavy atom. The third-order valence-electron chi connectivity index (χ3n) is 2.92. The van der Waals surface area contributed by atoms with Crippen molar-refractivity contribution in [3.8, 4) is 17.6 Å². The van der Waals surface area contributed by atoms with E-state index in [1.807, 2.05) is 6.07 Å². The lowest BCUT2D eigenvalue weighted by atomic mass is 10.1. The van der Waals surface area contributed by atoms with Gasteiger partial charge in [-0.15, -0.1) is 11.6 Å². The predicted octanol–water partition coefficient (Wildman–Crippen LogP) is 4.31. The van der Waals surface area contributed by atoms with Gasteiger partial charge in [-0.3, -0.25) is 10.1 Å². The highest BCUT2D eigenvalue weighted by Crippen LogP contribution is 2.31. The monoisotopic (exact) mass is 302 g/mol. The summed E-state index contributed by atoms with van der Waals surface area (Å²) in [5.74, 6) is 0.986. The van der Waals surface area contributed by atoms with Gasteiger partial charge in [0.2, 0.25) is 0 Å². The first kappa shape index (κ1) is 14.8. The van der Waals surface area contributed by atoms with Crippen molar-refractivity contribution < 1.29 is 9.66 Å². The van der Waals surface area contributed by atoms with E-state index in [1.165, 1.54) is 12.1 Å². The summed E-state index contributed by atoms with van der Waals surface area (Å²) in [4.78, 5) is 10.3. The second-order valence-electron chi connectivity index (χ2n) is 4.38. The molecule has 0 aliphatic rings. The molecule has 0 fully saturated rings. The predicted molar refractivity (Wildman–Crippen MR) is 78.6 cm³/mol. The summed E-state index contributed by atoms with van der Waals surface area (Å²) < 4.78 is 5.65. The van der Waals surface area contributed by atoms with Crippen molar-refractivity contribution in [1.82, 2.24) is 0 Å². The van der Waals surface area contributed by atoms with Gasteiger partial charge >= 0.3 is 0 Å². The fraction of sp³-hybridized carbons (Fsp3) is 0.133. The quantitative estimate of drug-likeness (QED) is 0.479. The van der Waals surface area contributed by atoms with Gasteiger partial charge in [0.25, 0.3) is 5.69 Å². The molecule has 0 atom stereocenters. The lowest BCUT2D eigenvalue weighted by Crippen LogP contribution is -1.94. The average molecular weight is 303 g/mol. The summed E-state index contributed by atoms with van der Waals surface area (Å²) in [7, 11) is 0. The van der Waals surface area contributed by atoms with Crippen LogP contribution >= 0.6 is 11.6 Å². The van der Waals surface area contributed by atoms with Gasteiger partial charge < -0.3 is 4.74 Å². The standard InChI is InChI=1S/C15H11ClN2O3/c1-10-2-4-13(18(19)20)7-15(10)21-14-5-3-11(8-16)6-12(14)9-17/h2-7H,8H2,1H3. The molecule has 0 spiro atoms. The molecular formula is C15H11ClN2O3. The van der Waals surface area contributed by atoms with Gasteiger partial charge in [-0.25, -0.2) is 0 Å². The first-order valence-corrected chi connectivity index (χ1v) is 6.60. The first-order valence-electron chi connectivity index (χ1n) is 6.07. The van der Waals surface area contributed by atoms with Crippen molar-refractivity contribution in [1.29, 1.82) is 5.26 Å². The fourth-order valence-corrected chi connectivity index (χ4v) is 1.93. The molecule has 0 unspecified atom stereocenters. The van der Waals surface area contributed by atoms with Crippen molar-refractivity contribution in [2.24, 2.45) is 0 Å². The lowest BCUT2D eigenvalue weighted by Gasteiger charge is -2.10. The molecule has 0 amide bonds. The summed E-state index contributed by atoms with van der Waals surface area (Å²) in [6, 6.07) is 11.4. The summed E-state index contributed by atoms with van der Waals surface area (Å²) in [5.41, 5.74) is 1.81. The molecule has 0 radical (unpaired) electrons. The van der Waals surface area contributed by atoms with Crippen molar-refractivity contribution in [3.05, 3.63) is 63.2 Å².